The number of hydrogen-bond donors (Lipinski definition) is 0. The number of carbonyl (C=O) groups is 2. The van der Waals surface area contributed by atoms with Crippen LogP contribution >= 0.6 is 0 Å². The second-order valence-corrected chi connectivity index (χ2v) is 18.2. The average Bonchev–Trinajstić information content (AvgIpc) is 3.22. The van der Waals surface area contributed by atoms with Crippen molar-refractivity contribution < 1.29 is 23.8 Å². The second-order valence-electron chi connectivity index (χ2n) is 18.2. The quantitative estimate of drug-likeness (QED) is 0.0452. The Balaban J connectivity index is 4.05. The largest absolute Gasteiger partial charge is 0.462 e. The zero-order valence-electron chi connectivity index (χ0n) is 39.9. The maximum atomic E-state index is 12.8. The third kappa shape index (κ3) is 47.6. The number of carbonyl (C=O) groups excluding carboxylic acids is 2. The molecule has 0 heterocycles. The number of hydrogen-bond acceptors (Lipinski definition) is 5. The Labute approximate surface area is 363 Å². The van der Waals surface area contributed by atoms with Gasteiger partial charge in [0.25, 0.3) is 0 Å². The van der Waals surface area contributed by atoms with E-state index < -0.39 is 6.10 Å². The van der Waals surface area contributed by atoms with Crippen molar-refractivity contribution in [3.05, 3.63) is 0 Å². The van der Waals surface area contributed by atoms with Crippen LogP contribution in [0.1, 0.15) is 303 Å². The lowest BCUT2D eigenvalue weighted by molar-refractivity contribution is -0.163. The van der Waals surface area contributed by atoms with Gasteiger partial charge in [-0.25, -0.2) is 0 Å². The summed E-state index contributed by atoms with van der Waals surface area (Å²) in [4.78, 5) is 25.3. The third-order valence-electron chi connectivity index (χ3n) is 12.1. The fraction of sp³-hybridized carbons (Fsp3) is 0.962. The minimum Gasteiger partial charge on any atom is -0.462 e. The van der Waals surface area contributed by atoms with Gasteiger partial charge in [-0.05, 0) is 19.3 Å². The molecule has 346 valence electrons. The molecule has 5 nitrogen and oxygen atoms in total. The molecule has 58 heavy (non-hydrogen) atoms. The molecule has 0 rings (SSSR count). The number of rotatable bonds is 50. The van der Waals surface area contributed by atoms with E-state index in [0.717, 1.165) is 32.1 Å². The molecule has 5 heteroatoms. The van der Waals surface area contributed by atoms with E-state index in [0.29, 0.717) is 26.1 Å². The van der Waals surface area contributed by atoms with E-state index in [1.54, 1.807) is 0 Å². The molecule has 0 aliphatic carbocycles. The van der Waals surface area contributed by atoms with Crippen molar-refractivity contribution in [2.24, 2.45) is 0 Å². The van der Waals surface area contributed by atoms with Crippen LogP contribution in [0.25, 0.3) is 0 Å². The van der Waals surface area contributed by atoms with Crippen LogP contribution in [0.2, 0.25) is 0 Å². The summed E-state index contributed by atoms with van der Waals surface area (Å²) < 4.78 is 17.4. The lowest BCUT2D eigenvalue weighted by atomic mass is 10.0. The highest BCUT2D eigenvalue weighted by Crippen LogP contribution is 2.17. The third-order valence-corrected chi connectivity index (χ3v) is 12.1. The molecule has 0 aliphatic rings. The summed E-state index contributed by atoms with van der Waals surface area (Å²) >= 11 is 0. The van der Waals surface area contributed by atoms with Gasteiger partial charge in [0.2, 0.25) is 0 Å². The van der Waals surface area contributed by atoms with Crippen molar-refractivity contribution >= 4 is 11.9 Å². The Kier molecular flexibility index (Phi) is 49.3. The van der Waals surface area contributed by atoms with Crippen LogP contribution in [0.3, 0.4) is 0 Å². The molecule has 0 saturated heterocycles. The summed E-state index contributed by atoms with van der Waals surface area (Å²) in [7, 11) is 0. The predicted octanol–water partition coefficient (Wildman–Crippen LogP) is 17.7. The smallest absolute Gasteiger partial charge is 0.306 e. The molecule has 0 bridgehead atoms. The van der Waals surface area contributed by atoms with Gasteiger partial charge >= 0.3 is 11.9 Å². The van der Waals surface area contributed by atoms with Gasteiger partial charge in [-0.15, -0.1) is 0 Å². The maximum Gasteiger partial charge on any atom is 0.306 e. The summed E-state index contributed by atoms with van der Waals surface area (Å²) in [6.07, 6.45) is 55.4. The van der Waals surface area contributed by atoms with Crippen molar-refractivity contribution in [1.29, 1.82) is 0 Å². The van der Waals surface area contributed by atoms with Gasteiger partial charge in [0.05, 0.1) is 6.61 Å². The van der Waals surface area contributed by atoms with E-state index in [2.05, 4.69) is 20.8 Å². The summed E-state index contributed by atoms with van der Waals surface area (Å²) in [5, 5.41) is 0. The molecule has 0 saturated carbocycles. The van der Waals surface area contributed by atoms with Crippen molar-refractivity contribution in [3.63, 3.8) is 0 Å². The minimum atomic E-state index is -0.521. The first-order valence-corrected chi connectivity index (χ1v) is 26.6. The number of unbranched alkanes of at least 4 members (excludes halogenated alkanes) is 39. The Morgan fingerprint density at radius 3 is 0.879 bits per heavy atom. The molecule has 0 aromatic carbocycles. The molecule has 0 amide bonds. The van der Waals surface area contributed by atoms with E-state index in [9.17, 15) is 9.59 Å². The van der Waals surface area contributed by atoms with E-state index >= 15 is 0 Å². The molecule has 0 radical (unpaired) electrons. The molecule has 0 aliphatic heterocycles. The SMILES string of the molecule is CCCCCCCCCCCCCCCCCCCCCC(=O)OCC(COCCCCCCCCCC)OC(=O)CCCCCCCCCCCCCCCCC. The minimum absolute atomic E-state index is 0.0972. The monoisotopic (exact) mass is 821 g/mol. The van der Waals surface area contributed by atoms with Gasteiger partial charge < -0.3 is 14.2 Å². The highest BCUT2D eigenvalue weighted by Gasteiger charge is 2.17. The van der Waals surface area contributed by atoms with Crippen LogP contribution in [0, 0.1) is 0 Å². The fourth-order valence-corrected chi connectivity index (χ4v) is 8.16. The number of esters is 2. The van der Waals surface area contributed by atoms with E-state index in [1.807, 2.05) is 0 Å². The Hall–Kier alpha value is -1.10. The van der Waals surface area contributed by atoms with Crippen molar-refractivity contribution in [1.82, 2.24) is 0 Å². The molecule has 0 fully saturated rings. The summed E-state index contributed by atoms with van der Waals surface area (Å²) in [5.41, 5.74) is 0. The summed E-state index contributed by atoms with van der Waals surface area (Å²) in [6, 6.07) is 0. The van der Waals surface area contributed by atoms with Gasteiger partial charge in [-0.2, -0.15) is 0 Å². The van der Waals surface area contributed by atoms with E-state index in [4.69, 9.17) is 14.2 Å². The second kappa shape index (κ2) is 50.3. The van der Waals surface area contributed by atoms with Crippen LogP contribution in [0.5, 0.6) is 0 Å². The summed E-state index contributed by atoms with van der Waals surface area (Å²) in [6.45, 7) is 7.89. The summed E-state index contributed by atoms with van der Waals surface area (Å²) in [5.74, 6) is -0.372. The van der Waals surface area contributed by atoms with Gasteiger partial charge in [0.15, 0.2) is 6.10 Å². The van der Waals surface area contributed by atoms with Crippen LogP contribution in [0.15, 0.2) is 0 Å². The first-order chi connectivity index (χ1) is 28.6. The molecule has 0 aromatic heterocycles. The highest BCUT2D eigenvalue weighted by atomic mass is 16.6. The molecular weight excluding hydrogens is 717 g/mol. The zero-order valence-corrected chi connectivity index (χ0v) is 39.9. The van der Waals surface area contributed by atoms with Crippen molar-refractivity contribution in [2.75, 3.05) is 19.8 Å². The first-order valence-electron chi connectivity index (χ1n) is 26.6. The normalized spacial score (nSPS) is 12.0. The predicted molar refractivity (Wildman–Crippen MR) is 252 cm³/mol. The topological polar surface area (TPSA) is 61.8 Å². The Morgan fingerprint density at radius 2 is 0.569 bits per heavy atom. The Morgan fingerprint density at radius 1 is 0.310 bits per heavy atom. The molecule has 1 unspecified atom stereocenters. The van der Waals surface area contributed by atoms with Crippen LogP contribution in [0.4, 0.5) is 0 Å². The average molecular weight is 821 g/mol. The zero-order chi connectivity index (χ0) is 42.1. The molecular formula is C53H104O5. The van der Waals surface area contributed by atoms with E-state index in [-0.39, 0.29) is 18.5 Å². The molecule has 0 spiro atoms. The lowest BCUT2D eigenvalue weighted by Gasteiger charge is -2.18. The van der Waals surface area contributed by atoms with Gasteiger partial charge in [-0.3, -0.25) is 9.59 Å². The first kappa shape index (κ1) is 56.9. The van der Waals surface area contributed by atoms with Crippen LogP contribution in [-0.4, -0.2) is 37.9 Å². The van der Waals surface area contributed by atoms with Gasteiger partial charge in [0.1, 0.15) is 6.61 Å². The highest BCUT2D eigenvalue weighted by molar-refractivity contribution is 5.70. The van der Waals surface area contributed by atoms with Crippen molar-refractivity contribution in [3.8, 4) is 0 Å². The standard InChI is InChI=1S/C53H104O5/c1-4-7-10-13-16-19-21-23-25-26-27-28-30-31-33-35-37-40-43-46-52(54)57-50-51(49-56-48-45-42-39-18-15-12-9-6-3)58-53(55)47-44-41-38-36-34-32-29-24-22-20-17-14-11-8-5-2/h51H,4-50H2,1-3H3. The van der Waals surface area contributed by atoms with Gasteiger partial charge in [-0.1, -0.05) is 271 Å². The molecule has 1 atom stereocenters. The molecule has 0 N–H and O–H groups in total. The number of ether oxygens (including phenoxy) is 3. The fourth-order valence-electron chi connectivity index (χ4n) is 8.16. The van der Waals surface area contributed by atoms with Gasteiger partial charge in [0, 0.05) is 19.4 Å². The van der Waals surface area contributed by atoms with Crippen LogP contribution < -0.4 is 0 Å². The molecule has 0 aromatic rings. The van der Waals surface area contributed by atoms with Crippen molar-refractivity contribution in [2.45, 2.75) is 309 Å². The van der Waals surface area contributed by atoms with E-state index in [1.165, 1.54) is 238 Å². The maximum absolute atomic E-state index is 12.8. The van der Waals surface area contributed by atoms with Crippen LogP contribution in [-0.2, 0) is 23.8 Å². The lowest BCUT2D eigenvalue weighted by Crippen LogP contribution is -2.30. The Bertz CT molecular complexity index is 799.